The van der Waals surface area contributed by atoms with Gasteiger partial charge in [0.25, 0.3) is 0 Å². The van der Waals surface area contributed by atoms with Crippen molar-refractivity contribution in [3.63, 3.8) is 0 Å². The van der Waals surface area contributed by atoms with Crippen LogP contribution in [0.5, 0.6) is 0 Å². The molecule has 1 heterocycles. The number of aryl methyl sites for hydroxylation is 1. The van der Waals surface area contributed by atoms with Gasteiger partial charge in [-0.3, -0.25) is 0 Å². The molecule has 1 aliphatic rings. The fourth-order valence-electron chi connectivity index (χ4n) is 3.86. The Hall–Kier alpha value is -0.430. The summed E-state index contributed by atoms with van der Waals surface area (Å²) < 4.78 is 0. The summed E-state index contributed by atoms with van der Waals surface area (Å²) in [5.41, 5.74) is 0. The fraction of sp³-hybridized carbons (Fsp3) is 0.714. The van der Waals surface area contributed by atoms with E-state index in [0.717, 1.165) is 30.6 Å². The molecule has 0 amide bonds. The highest BCUT2D eigenvalue weighted by molar-refractivity contribution is 7.11. The molecule has 1 saturated carbocycles. The third-order valence-electron chi connectivity index (χ3n) is 5.38. The number of aliphatic hydroxyl groups is 4. The largest absolute Gasteiger partial charge is 0.393 e. The van der Waals surface area contributed by atoms with Gasteiger partial charge in [-0.2, -0.15) is 0 Å². The van der Waals surface area contributed by atoms with E-state index in [1.807, 2.05) is 12.1 Å². The van der Waals surface area contributed by atoms with Gasteiger partial charge in [0, 0.05) is 21.0 Å². The first-order chi connectivity index (χ1) is 12.9. The van der Waals surface area contributed by atoms with E-state index < -0.39 is 12.2 Å². The lowest BCUT2D eigenvalue weighted by Gasteiger charge is -2.21. The lowest BCUT2D eigenvalue weighted by Crippen LogP contribution is -2.19. The average molecular weight is 417 g/mol. The fourth-order valence-corrected chi connectivity index (χ4v) is 5.26. The van der Waals surface area contributed by atoms with Crippen molar-refractivity contribution in [1.82, 2.24) is 0 Å². The van der Waals surface area contributed by atoms with Gasteiger partial charge in [0.1, 0.15) is 0 Å². The zero-order chi connectivity index (χ0) is 19.8. The number of aliphatic hydroxyl groups excluding tert-OH is 4. The Morgan fingerprint density at radius 2 is 1.96 bits per heavy atom. The van der Waals surface area contributed by atoms with Crippen molar-refractivity contribution in [1.29, 1.82) is 0 Å². The number of hydrogen-bond donors (Lipinski definition) is 4. The first kappa shape index (κ1) is 22.9. The maximum atomic E-state index is 10.4. The number of rotatable bonds is 11. The molecule has 4 N–H and O–H groups in total. The molecule has 154 valence electrons. The van der Waals surface area contributed by atoms with Crippen LogP contribution in [0.25, 0.3) is 0 Å². The molecule has 0 unspecified atom stereocenters. The van der Waals surface area contributed by atoms with Crippen LogP contribution in [0.3, 0.4) is 0 Å². The summed E-state index contributed by atoms with van der Waals surface area (Å²) in [4.78, 5) is 2.26. The molecule has 0 aromatic carbocycles. The van der Waals surface area contributed by atoms with Gasteiger partial charge in [-0.15, -0.1) is 22.9 Å². The van der Waals surface area contributed by atoms with Crippen molar-refractivity contribution in [2.45, 2.75) is 82.2 Å². The van der Waals surface area contributed by atoms with Crippen molar-refractivity contribution in [3.05, 3.63) is 34.0 Å². The highest BCUT2D eigenvalue weighted by Crippen LogP contribution is 2.40. The smallest absolute Gasteiger partial charge is 0.0774 e. The molecule has 0 saturated heterocycles. The topological polar surface area (TPSA) is 80.9 Å². The van der Waals surface area contributed by atoms with E-state index in [-0.39, 0.29) is 29.9 Å². The van der Waals surface area contributed by atoms with Crippen LogP contribution < -0.4 is 0 Å². The number of alkyl halides is 1. The van der Waals surface area contributed by atoms with Gasteiger partial charge in [0.15, 0.2) is 0 Å². The van der Waals surface area contributed by atoms with Gasteiger partial charge < -0.3 is 20.4 Å². The third kappa shape index (κ3) is 7.48. The summed E-state index contributed by atoms with van der Waals surface area (Å²) in [6, 6.07) is 4.03. The normalized spacial score (nSPS) is 28.1. The maximum Gasteiger partial charge on any atom is 0.0774 e. The predicted molar refractivity (Wildman–Crippen MR) is 111 cm³/mol. The van der Waals surface area contributed by atoms with E-state index in [1.54, 1.807) is 24.3 Å². The molecule has 27 heavy (non-hydrogen) atoms. The zero-order valence-corrected chi connectivity index (χ0v) is 17.6. The van der Waals surface area contributed by atoms with Gasteiger partial charge in [0.05, 0.1) is 24.9 Å². The van der Waals surface area contributed by atoms with Crippen molar-refractivity contribution < 1.29 is 20.4 Å². The Balaban J connectivity index is 1.82. The van der Waals surface area contributed by atoms with Crippen LogP contribution in [-0.2, 0) is 13.0 Å². The molecule has 2 rings (SSSR count). The monoisotopic (exact) mass is 416 g/mol. The minimum atomic E-state index is -0.547. The molecule has 1 aliphatic carbocycles. The lowest BCUT2D eigenvalue weighted by atomic mass is 9.89. The summed E-state index contributed by atoms with van der Waals surface area (Å²) in [5, 5.41) is 38.9. The molecule has 6 heteroatoms. The SMILES string of the molecule is C[C@@H](O)CCC[C@H](O)C=C[C@@H]1[C@@H](CCCc2ccc(CO)s2)[C@H](Cl)C[C@H]1O. The third-order valence-corrected chi connectivity index (χ3v) is 7.01. The van der Waals surface area contributed by atoms with Crippen LogP contribution in [0.15, 0.2) is 24.3 Å². The second-order valence-corrected chi connectivity index (χ2v) is 9.52. The maximum absolute atomic E-state index is 10.4. The molecule has 0 radical (unpaired) electrons. The molecule has 0 bridgehead atoms. The second kappa shape index (κ2) is 11.5. The molecule has 1 aromatic heterocycles. The summed E-state index contributed by atoms with van der Waals surface area (Å²) in [6.07, 6.45) is 7.93. The summed E-state index contributed by atoms with van der Waals surface area (Å²) in [5.74, 6) is 0.190. The van der Waals surface area contributed by atoms with Crippen molar-refractivity contribution in [3.8, 4) is 0 Å². The lowest BCUT2D eigenvalue weighted by molar-refractivity contribution is 0.138. The molecule has 1 aromatic rings. The van der Waals surface area contributed by atoms with E-state index in [4.69, 9.17) is 16.7 Å². The Labute approximate surface area is 171 Å². The minimum absolute atomic E-state index is 0.0183. The predicted octanol–water partition coefficient (Wildman–Crippen LogP) is 3.64. The first-order valence-electron chi connectivity index (χ1n) is 9.95. The molecule has 6 atom stereocenters. The Morgan fingerprint density at radius 3 is 2.63 bits per heavy atom. The van der Waals surface area contributed by atoms with Crippen LogP contribution in [0.4, 0.5) is 0 Å². The van der Waals surface area contributed by atoms with Crippen LogP contribution in [0.2, 0.25) is 0 Å². The molecular weight excluding hydrogens is 384 g/mol. The van der Waals surface area contributed by atoms with Gasteiger partial charge in [-0.25, -0.2) is 0 Å². The molecule has 0 spiro atoms. The number of halogens is 1. The number of thiophene rings is 1. The van der Waals surface area contributed by atoms with E-state index in [1.165, 1.54) is 4.88 Å². The second-order valence-electron chi connectivity index (χ2n) is 7.71. The first-order valence-corrected chi connectivity index (χ1v) is 11.2. The minimum Gasteiger partial charge on any atom is -0.393 e. The number of hydrogen-bond acceptors (Lipinski definition) is 5. The van der Waals surface area contributed by atoms with Crippen molar-refractivity contribution in [2.75, 3.05) is 0 Å². The van der Waals surface area contributed by atoms with E-state index in [2.05, 4.69) is 6.07 Å². The Morgan fingerprint density at radius 1 is 1.22 bits per heavy atom. The van der Waals surface area contributed by atoms with Gasteiger partial charge in [0.2, 0.25) is 0 Å². The standard InChI is InChI=1S/C21H33ClO4S/c1-14(24)4-2-5-15(25)8-11-19-18(20(22)12-21(19)26)7-3-6-16-9-10-17(13-23)27-16/h8-11,14-15,18-21,23-26H,2-7,12-13H2,1H3/t14-,15+,18-,19-,20-,21-/m1/s1. The summed E-state index contributed by atoms with van der Waals surface area (Å²) in [7, 11) is 0. The molecule has 0 aliphatic heterocycles. The average Bonchev–Trinajstić information content (AvgIpc) is 3.17. The van der Waals surface area contributed by atoms with Gasteiger partial charge in [-0.1, -0.05) is 12.2 Å². The van der Waals surface area contributed by atoms with E-state index in [9.17, 15) is 15.3 Å². The van der Waals surface area contributed by atoms with Crippen LogP contribution in [-0.4, -0.2) is 44.1 Å². The van der Waals surface area contributed by atoms with Gasteiger partial charge >= 0.3 is 0 Å². The van der Waals surface area contributed by atoms with Crippen LogP contribution in [0, 0.1) is 11.8 Å². The highest BCUT2D eigenvalue weighted by Gasteiger charge is 2.39. The van der Waals surface area contributed by atoms with Crippen LogP contribution >= 0.6 is 22.9 Å². The summed E-state index contributed by atoms with van der Waals surface area (Å²) in [6.45, 7) is 1.85. The summed E-state index contributed by atoms with van der Waals surface area (Å²) >= 11 is 8.14. The van der Waals surface area contributed by atoms with Gasteiger partial charge in [-0.05, 0) is 69.9 Å². The van der Waals surface area contributed by atoms with E-state index in [0.29, 0.717) is 19.3 Å². The molecular formula is C21H33ClO4S. The van der Waals surface area contributed by atoms with Crippen molar-refractivity contribution >= 4 is 22.9 Å². The quantitative estimate of drug-likeness (QED) is 0.328. The van der Waals surface area contributed by atoms with Crippen molar-refractivity contribution in [2.24, 2.45) is 11.8 Å². The Bertz CT molecular complexity index is 574. The highest BCUT2D eigenvalue weighted by atomic mass is 35.5. The molecule has 4 nitrogen and oxygen atoms in total. The Kier molecular flexibility index (Phi) is 9.77. The van der Waals surface area contributed by atoms with Crippen LogP contribution in [0.1, 0.15) is 55.2 Å². The van der Waals surface area contributed by atoms with E-state index >= 15 is 0 Å². The zero-order valence-electron chi connectivity index (χ0n) is 16.0. The molecule has 1 fully saturated rings.